The van der Waals surface area contributed by atoms with E-state index >= 15 is 0 Å². The first-order valence-corrected chi connectivity index (χ1v) is 11.6. The molecule has 0 unspecified atom stereocenters. The molecule has 2 aromatic rings. The fourth-order valence-corrected chi connectivity index (χ4v) is 4.61. The van der Waals surface area contributed by atoms with E-state index in [0.717, 1.165) is 42.7 Å². The molecule has 3 N–H and O–H groups in total. The van der Waals surface area contributed by atoms with E-state index in [4.69, 9.17) is 4.74 Å². The Labute approximate surface area is 189 Å². The number of H-pyrrole nitrogens is 1. The minimum atomic E-state index is -0.0762. The minimum absolute atomic E-state index is 0.0713. The Kier molecular flexibility index (Phi) is 6.97. The highest BCUT2D eigenvalue weighted by Gasteiger charge is 2.28. The first-order chi connectivity index (χ1) is 15.5. The number of benzene rings is 1. The third kappa shape index (κ3) is 5.23. The molecule has 3 amide bonds. The van der Waals surface area contributed by atoms with Gasteiger partial charge in [-0.1, -0.05) is 31.4 Å². The summed E-state index contributed by atoms with van der Waals surface area (Å²) in [5, 5.41) is 6.20. The third-order valence-corrected chi connectivity index (χ3v) is 6.49. The highest BCUT2D eigenvalue weighted by molar-refractivity contribution is 5.94. The van der Waals surface area contributed by atoms with Crippen LogP contribution < -0.4 is 15.4 Å². The number of nitrogens with one attached hydrogen (secondary N) is 3. The lowest BCUT2D eigenvalue weighted by Gasteiger charge is -2.32. The van der Waals surface area contributed by atoms with E-state index in [1.165, 1.54) is 19.3 Å². The van der Waals surface area contributed by atoms with Crippen LogP contribution >= 0.6 is 0 Å². The van der Waals surface area contributed by atoms with Crippen molar-refractivity contribution < 1.29 is 14.3 Å². The third-order valence-electron chi connectivity index (χ3n) is 6.49. The molecule has 8 heteroatoms. The molecule has 32 heavy (non-hydrogen) atoms. The number of carbonyl (C=O) groups is 2. The molecule has 2 aliphatic rings. The number of urea groups is 1. The van der Waals surface area contributed by atoms with Crippen molar-refractivity contribution in [2.45, 2.75) is 64.0 Å². The zero-order valence-electron chi connectivity index (χ0n) is 18.9. The fourth-order valence-electron chi connectivity index (χ4n) is 4.61. The van der Waals surface area contributed by atoms with E-state index in [9.17, 15) is 9.59 Å². The van der Waals surface area contributed by atoms with Crippen LogP contribution in [0.3, 0.4) is 0 Å². The average molecular weight is 440 g/mol. The van der Waals surface area contributed by atoms with Crippen LogP contribution in [0.1, 0.15) is 61.1 Å². The molecule has 0 atom stereocenters. The number of aromatic nitrogens is 2. The molecule has 1 aromatic carbocycles. The molecule has 1 aromatic heterocycles. The topological polar surface area (TPSA) is 99.3 Å². The highest BCUT2D eigenvalue weighted by Crippen LogP contribution is 2.24. The van der Waals surface area contributed by atoms with Crippen molar-refractivity contribution in [3.05, 3.63) is 35.7 Å². The van der Waals surface area contributed by atoms with Gasteiger partial charge in [0.25, 0.3) is 5.91 Å². The first-order valence-electron chi connectivity index (χ1n) is 11.6. The van der Waals surface area contributed by atoms with Gasteiger partial charge in [-0.15, -0.1) is 0 Å². The van der Waals surface area contributed by atoms with Crippen molar-refractivity contribution in [2.24, 2.45) is 0 Å². The molecule has 8 nitrogen and oxygen atoms in total. The molecule has 1 aliphatic carbocycles. The molecular weight excluding hydrogens is 406 g/mol. The van der Waals surface area contributed by atoms with E-state index in [1.54, 1.807) is 7.11 Å². The number of aromatic amines is 1. The molecular formula is C24H33N5O3. The van der Waals surface area contributed by atoms with Gasteiger partial charge in [0.1, 0.15) is 17.3 Å². The molecule has 2 heterocycles. The number of aryl methyl sites for hydroxylation is 1. The van der Waals surface area contributed by atoms with E-state index in [-0.39, 0.29) is 18.0 Å². The van der Waals surface area contributed by atoms with Gasteiger partial charge >= 0.3 is 6.03 Å². The van der Waals surface area contributed by atoms with Gasteiger partial charge < -0.3 is 25.3 Å². The quantitative estimate of drug-likeness (QED) is 0.662. The summed E-state index contributed by atoms with van der Waals surface area (Å²) in [6.45, 7) is 3.08. The Balaban J connectivity index is 1.31. The number of piperidine rings is 1. The summed E-state index contributed by atoms with van der Waals surface area (Å²) < 4.78 is 5.28. The number of ether oxygens (including phenoxy) is 1. The summed E-state index contributed by atoms with van der Waals surface area (Å²) in [4.78, 5) is 35.1. The maximum absolute atomic E-state index is 13.1. The van der Waals surface area contributed by atoms with Crippen molar-refractivity contribution in [1.82, 2.24) is 25.5 Å². The predicted molar refractivity (Wildman–Crippen MR) is 123 cm³/mol. The number of likely N-dealkylation sites (tertiary alicyclic amines) is 1. The number of rotatable bonds is 5. The van der Waals surface area contributed by atoms with Crippen LogP contribution in [0.4, 0.5) is 4.79 Å². The maximum Gasteiger partial charge on any atom is 0.315 e. The summed E-state index contributed by atoms with van der Waals surface area (Å²) in [5.41, 5.74) is 2.07. The summed E-state index contributed by atoms with van der Waals surface area (Å²) in [6.07, 6.45) is 7.28. The summed E-state index contributed by atoms with van der Waals surface area (Å²) in [5.74, 6) is 1.32. The van der Waals surface area contributed by atoms with Gasteiger partial charge in [0.15, 0.2) is 0 Å². The molecule has 0 radical (unpaired) electrons. The van der Waals surface area contributed by atoms with Crippen LogP contribution in [0, 0.1) is 6.92 Å². The Morgan fingerprint density at radius 1 is 1.06 bits per heavy atom. The van der Waals surface area contributed by atoms with Crippen molar-refractivity contribution >= 4 is 11.9 Å². The summed E-state index contributed by atoms with van der Waals surface area (Å²) in [6, 6.07) is 7.91. The Bertz CT molecular complexity index is 943. The van der Waals surface area contributed by atoms with Crippen molar-refractivity contribution in [3.63, 3.8) is 0 Å². The standard InChI is InChI=1S/C24H33N5O3/c1-16-21(28-22(25-16)17-7-6-10-20(15-17)32-2)23(30)29-13-11-19(12-14-29)27-24(31)26-18-8-4-3-5-9-18/h6-7,10,15,18-19H,3-5,8-9,11-14H2,1-2H3,(H,25,28)(H2,26,27,31). The number of imidazole rings is 1. The fraction of sp³-hybridized carbons (Fsp3) is 0.542. The van der Waals surface area contributed by atoms with Crippen LogP contribution in [0.2, 0.25) is 0 Å². The predicted octanol–water partition coefficient (Wildman–Crippen LogP) is 3.63. The van der Waals surface area contributed by atoms with Crippen LogP contribution in [0.15, 0.2) is 24.3 Å². The number of amides is 3. The largest absolute Gasteiger partial charge is 0.497 e. The molecule has 0 bridgehead atoms. The van der Waals surface area contributed by atoms with Gasteiger partial charge in [-0.2, -0.15) is 0 Å². The second-order valence-corrected chi connectivity index (χ2v) is 8.81. The lowest BCUT2D eigenvalue weighted by atomic mass is 9.96. The van der Waals surface area contributed by atoms with Crippen LogP contribution in [-0.2, 0) is 0 Å². The van der Waals surface area contributed by atoms with Crippen molar-refractivity contribution in [1.29, 1.82) is 0 Å². The number of methoxy groups -OCH3 is 1. The van der Waals surface area contributed by atoms with Gasteiger partial charge in [-0.25, -0.2) is 9.78 Å². The SMILES string of the molecule is COc1cccc(-c2nc(C(=O)N3CCC(NC(=O)NC4CCCCC4)CC3)c(C)[nH]2)c1. The maximum atomic E-state index is 13.1. The lowest BCUT2D eigenvalue weighted by molar-refractivity contribution is 0.0702. The van der Waals surface area contributed by atoms with E-state index in [0.29, 0.717) is 30.6 Å². The van der Waals surface area contributed by atoms with Crippen molar-refractivity contribution in [3.8, 4) is 17.1 Å². The zero-order valence-corrected chi connectivity index (χ0v) is 18.9. The number of hydrogen-bond donors (Lipinski definition) is 3. The summed E-state index contributed by atoms with van der Waals surface area (Å²) in [7, 11) is 1.62. The van der Waals surface area contributed by atoms with E-state index in [2.05, 4.69) is 20.6 Å². The summed E-state index contributed by atoms with van der Waals surface area (Å²) >= 11 is 0. The molecule has 4 rings (SSSR count). The number of hydrogen-bond acceptors (Lipinski definition) is 4. The second-order valence-electron chi connectivity index (χ2n) is 8.81. The van der Waals surface area contributed by atoms with Gasteiger partial charge in [0.05, 0.1) is 7.11 Å². The van der Waals surface area contributed by atoms with Gasteiger partial charge in [-0.3, -0.25) is 4.79 Å². The van der Waals surface area contributed by atoms with Gasteiger partial charge in [-0.05, 0) is 44.7 Å². The normalized spacial score (nSPS) is 17.8. The van der Waals surface area contributed by atoms with Crippen molar-refractivity contribution in [2.75, 3.05) is 20.2 Å². The van der Waals surface area contributed by atoms with Gasteiger partial charge in [0.2, 0.25) is 0 Å². The monoisotopic (exact) mass is 439 g/mol. The van der Waals surface area contributed by atoms with Crippen LogP contribution in [0.25, 0.3) is 11.4 Å². The molecule has 2 fully saturated rings. The van der Waals surface area contributed by atoms with Crippen LogP contribution in [-0.4, -0.2) is 59.1 Å². The Morgan fingerprint density at radius 2 is 1.75 bits per heavy atom. The minimum Gasteiger partial charge on any atom is -0.497 e. The molecule has 1 saturated heterocycles. The van der Waals surface area contributed by atoms with E-state index in [1.807, 2.05) is 36.1 Å². The Morgan fingerprint density at radius 3 is 2.44 bits per heavy atom. The molecule has 1 aliphatic heterocycles. The first kappa shape index (κ1) is 22.2. The van der Waals surface area contributed by atoms with Crippen LogP contribution in [0.5, 0.6) is 5.75 Å². The average Bonchev–Trinajstić information content (AvgIpc) is 3.21. The van der Waals surface area contributed by atoms with Gasteiger partial charge in [0, 0.05) is 36.4 Å². The van der Waals surface area contributed by atoms with E-state index < -0.39 is 0 Å². The molecule has 1 saturated carbocycles. The molecule has 0 spiro atoms. The lowest BCUT2D eigenvalue weighted by Crippen LogP contribution is -2.51. The smallest absolute Gasteiger partial charge is 0.315 e. The molecule has 172 valence electrons. The Hall–Kier alpha value is -3.03. The second kappa shape index (κ2) is 10.1. The number of nitrogens with zero attached hydrogens (tertiary/aromatic N) is 2. The zero-order chi connectivity index (χ0) is 22.5. The number of carbonyl (C=O) groups excluding carboxylic acids is 2. The highest BCUT2D eigenvalue weighted by atomic mass is 16.5.